The molecule has 0 aliphatic heterocycles. The zero-order valence-corrected chi connectivity index (χ0v) is 12.5. The predicted molar refractivity (Wildman–Crippen MR) is 78.9 cm³/mol. The molecule has 1 aromatic heterocycles. The van der Waals surface area contributed by atoms with E-state index in [1.165, 1.54) is 0 Å². The maximum atomic E-state index is 12.2. The van der Waals surface area contributed by atoms with Gasteiger partial charge in [-0.1, -0.05) is 18.2 Å². The highest BCUT2D eigenvalue weighted by Crippen LogP contribution is 2.29. The third-order valence-electron chi connectivity index (χ3n) is 3.28. The number of hydrogen-bond acceptors (Lipinski definition) is 4. The Bertz CT molecular complexity index is 641. The molecule has 0 spiro atoms. The van der Waals surface area contributed by atoms with E-state index in [1.54, 1.807) is 20.0 Å². The van der Waals surface area contributed by atoms with Crippen molar-refractivity contribution in [1.29, 1.82) is 0 Å². The largest absolute Gasteiger partial charge is 0.465 e. The summed E-state index contributed by atoms with van der Waals surface area (Å²) in [6.45, 7) is 3.87. The van der Waals surface area contributed by atoms with Crippen molar-refractivity contribution in [1.82, 2.24) is 4.57 Å². The lowest BCUT2D eigenvalue weighted by Gasteiger charge is -2.13. The smallest absolute Gasteiger partial charge is 0.324 e. The molecule has 1 heterocycles. The number of rotatable bonds is 5. The van der Waals surface area contributed by atoms with Crippen LogP contribution in [0.1, 0.15) is 25.3 Å². The molecule has 0 radical (unpaired) electrons. The third-order valence-corrected chi connectivity index (χ3v) is 3.28. The average molecular weight is 289 g/mol. The van der Waals surface area contributed by atoms with Crippen molar-refractivity contribution in [2.75, 3.05) is 13.2 Å². The minimum atomic E-state index is -1.05. The Balaban J connectivity index is 2.53. The number of benzene rings is 1. The van der Waals surface area contributed by atoms with Crippen molar-refractivity contribution in [3.8, 4) is 0 Å². The summed E-state index contributed by atoms with van der Waals surface area (Å²) in [6.07, 6.45) is 1.78. The highest BCUT2D eigenvalue weighted by atomic mass is 16.6. The van der Waals surface area contributed by atoms with Crippen molar-refractivity contribution in [2.24, 2.45) is 7.05 Å². The summed E-state index contributed by atoms with van der Waals surface area (Å²) in [5.41, 5.74) is 1.57. The van der Waals surface area contributed by atoms with E-state index in [1.807, 2.05) is 35.9 Å². The molecule has 0 saturated heterocycles. The third kappa shape index (κ3) is 2.91. The van der Waals surface area contributed by atoms with Gasteiger partial charge in [0.05, 0.1) is 13.2 Å². The van der Waals surface area contributed by atoms with Gasteiger partial charge in [0.25, 0.3) is 0 Å². The van der Waals surface area contributed by atoms with Crippen LogP contribution in [0.5, 0.6) is 0 Å². The van der Waals surface area contributed by atoms with Crippen molar-refractivity contribution in [2.45, 2.75) is 19.8 Å². The van der Waals surface area contributed by atoms with Gasteiger partial charge in [-0.15, -0.1) is 0 Å². The molecule has 2 rings (SSSR count). The molecule has 0 N–H and O–H groups in total. The lowest BCUT2D eigenvalue weighted by molar-refractivity contribution is -0.156. The second kappa shape index (κ2) is 6.43. The van der Waals surface area contributed by atoms with Crippen molar-refractivity contribution >= 4 is 22.8 Å². The Kier molecular flexibility index (Phi) is 4.62. The minimum absolute atomic E-state index is 0.222. The fourth-order valence-corrected chi connectivity index (χ4v) is 2.40. The molecular formula is C16H19NO4. The molecule has 5 nitrogen and oxygen atoms in total. The van der Waals surface area contributed by atoms with Gasteiger partial charge in [-0.25, -0.2) is 0 Å². The Morgan fingerprint density at radius 3 is 2.24 bits per heavy atom. The number of fused-ring (bicyclic) bond motifs is 1. The van der Waals surface area contributed by atoms with Crippen LogP contribution in [0.2, 0.25) is 0 Å². The summed E-state index contributed by atoms with van der Waals surface area (Å²) in [5.74, 6) is -2.20. The molecule has 0 amide bonds. The van der Waals surface area contributed by atoms with Gasteiger partial charge in [0.2, 0.25) is 0 Å². The molecular weight excluding hydrogens is 270 g/mol. The van der Waals surface area contributed by atoms with Gasteiger partial charge in [-0.2, -0.15) is 0 Å². The maximum Gasteiger partial charge on any atom is 0.324 e. The number of aryl methyl sites for hydroxylation is 1. The van der Waals surface area contributed by atoms with Gasteiger partial charge >= 0.3 is 11.9 Å². The molecule has 0 unspecified atom stereocenters. The summed E-state index contributed by atoms with van der Waals surface area (Å²) >= 11 is 0. The van der Waals surface area contributed by atoms with E-state index in [-0.39, 0.29) is 13.2 Å². The van der Waals surface area contributed by atoms with E-state index < -0.39 is 17.9 Å². The van der Waals surface area contributed by atoms with E-state index in [0.29, 0.717) is 5.56 Å². The zero-order valence-electron chi connectivity index (χ0n) is 12.5. The van der Waals surface area contributed by atoms with Crippen molar-refractivity contribution < 1.29 is 19.1 Å². The molecule has 0 aliphatic rings. The molecule has 0 atom stereocenters. The first-order valence-electron chi connectivity index (χ1n) is 6.97. The van der Waals surface area contributed by atoms with Gasteiger partial charge in [-0.05, 0) is 19.9 Å². The first-order valence-corrected chi connectivity index (χ1v) is 6.97. The predicted octanol–water partition coefficient (Wildman–Crippen LogP) is 2.39. The van der Waals surface area contributed by atoms with Crippen molar-refractivity contribution in [3.05, 3.63) is 36.0 Å². The van der Waals surface area contributed by atoms with E-state index in [2.05, 4.69) is 0 Å². The van der Waals surface area contributed by atoms with Crippen LogP contribution >= 0.6 is 0 Å². The molecule has 21 heavy (non-hydrogen) atoms. The van der Waals surface area contributed by atoms with Crippen LogP contribution in [0.25, 0.3) is 10.9 Å². The monoisotopic (exact) mass is 289 g/mol. The molecule has 2 aromatic rings. The first kappa shape index (κ1) is 15.1. The van der Waals surface area contributed by atoms with E-state index in [9.17, 15) is 9.59 Å². The van der Waals surface area contributed by atoms with Crippen LogP contribution in [-0.4, -0.2) is 29.7 Å². The second-order valence-electron chi connectivity index (χ2n) is 4.65. The molecule has 1 aromatic carbocycles. The van der Waals surface area contributed by atoms with Gasteiger partial charge in [0.15, 0.2) is 5.92 Å². The van der Waals surface area contributed by atoms with Gasteiger partial charge in [0, 0.05) is 29.7 Å². The fourth-order valence-electron chi connectivity index (χ4n) is 2.40. The average Bonchev–Trinajstić information content (AvgIpc) is 2.78. The Morgan fingerprint density at radius 1 is 1.10 bits per heavy atom. The number of nitrogens with zero attached hydrogens (tertiary/aromatic N) is 1. The van der Waals surface area contributed by atoms with Crippen LogP contribution in [-0.2, 0) is 26.1 Å². The number of hydrogen-bond donors (Lipinski definition) is 0. The summed E-state index contributed by atoms with van der Waals surface area (Å²) in [4.78, 5) is 24.4. The lowest BCUT2D eigenvalue weighted by atomic mass is 9.98. The topological polar surface area (TPSA) is 57.5 Å². The highest BCUT2D eigenvalue weighted by molar-refractivity contribution is 6.04. The lowest BCUT2D eigenvalue weighted by Crippen LogP contribution is -2.26. The molecule has 0 fully saturated rings. The Labute approximate surface area is 123 Å². The van der Waals surface area contributed by atoms with E-state index in [4.69, 9.17) is 9.47 Å². The zero-order chi connectivity index (χ0) is 15.4. The Hall–Kier alpha value is -2.30. The maximum absolute atomic E-state index is 12.2. The normalized spacial score (nSPS) is 10.9. The number of esters is 2. The van der Waals surface area contributed by atoms with Crippen LogP contribution in [0.4, 0.5) is 0 Å². The summed E-state index contributed by atoms with van der Waals surface area (Å²) in [7, 11) is 1.87. The number of carbonyl (C=O) groups excluding carboxylic acids is 2. The van der Waals surface area contributed by atoms with Crippen molar-refractivity contribution in [3.63, 3.8) is 0 Å². The highest BCUT2D eigenvalue weighted by Gasteiger charge is 2.33. The van der Waals surface area contributed by atoms with Gasteiger partial charge < -0.3 is 14.0 Å². The molecule has 0 saturated carbocycles. The SMILES string of the molecule is CCOC(=O)C(C(=O)OCC)c1cn(C)c2ccccc12. The molecule has 112 valence electrons. The van der Waals surface area contributed by atoms with Crippen LogP contribution in [0.15, 0.2) is 30.5 Å². The van der Waals surface area contributed by atoms with Crippen LogP contribution < -0.4 is 0 Å². The van der Waals surface area contributed by atoms with Gasteiger partial charge in [-0.3, -0.25) is 9.59 Å². The quantitative estimate of drug-likeness (QED) is 0.626. The number of para-hydroxylation sites is 1. The Morgan fingerprint density at radius 2 is 1.67 bits per heavy atom. The second-order valence-corrected chi connectivity index (χ2v) is 4.65. The standard InChI is InChI=1S/C16H19NO4/c1-4-20-15(18)14(16(19)21-5-2)12-10-17(3)13-9-7-6-8-11(12)13/h6-10,14H,4-5H2,1-3H3. The number of aromatic nitrogens is 1. The fraction of sp³-hybridized carbons (Fsp3) is 0.375. The molecule has 0 bridgehead atoms. The summed E-state index contributed by atoms with van der Waals surface area (Å²) < 4.78 is 12.0. The molecule has 0 aliphatic carbocycles. The van der Waals surface area contributed by atoms with E-state index >= 15 is 0 Å². The van der Waals surface area contributed by atoms with Gasteiger partial charge in [0.1, 0.15) is 0 Å². The number of ether oxygens (including phenoxy) is 2. The minimum Gasteiger partial charge on any atom is -0.465 e. The summed E-state index contributed by atoms with van der Waals surface area (Å²) in [6, 6.07) is 7.61. The molecule has 5 heteroatoms. The van der Waals surface area contributed by atoms with Crippen LogP contribution in [0.3, 0.4) is 0 Å². The number of carbonyl (C=O) groups is 2. The van der Waals surface area contributed by atoms with Crippen LogP contribution in [0, 0.1) is 0 Å². The first-order chi connectivity index (χ1) is 10.1. The summed E-state index contributed by atoms with van der Waals surface area (Å²) in [5, 5.41) is 0.853. The van der Waals surface area contributed by atoms with E-state index in [0.717, 1.165) is 10.9 Å².